The Kier molecular flexibility index (Phi) is 3.68. The largest absolute Gasteiger partial charge is 0.504 e. The molecule has 2 rings (SSSR count). The molecule has 88 valence electrons. The van der Waals surface area contributed by atoms with Gasteiger partial charge in [0.1, 0.15) is 0 Å². The molecule has 0 aliphatic carbocycles. The van der Waals surface area contributed by atoms with Gasteiger partial charge in [-0.3, -0.25) is 0 Å². The predicted octanol–water partition coefficient (Wildman–Crippen LogP) is 1.82. The lowest BCUT2D eigenvalue weighted by atomic mass is 10.1. The van der Waals surface area contributed by atoms with E-state index in [0.717, 1.165) is 23.1 Å². The van der Waals surface area contributed by atoms with Crippen molar-refractivity contribution in [3.63, 3.8) is 0 Å². The van der Waals surface area contributed by atoms with Gasteiger partial charge in [-0.05, 0) is 12.1 Å². The van der Waals surface area contributed by atoms with Crippen LogP contribution in [0.15, 0.2) is 16.6 Å². The summed E-state index contributed by atoms with van der Waals surface area (Å²) in [6.45, 7) is 2.34. The first-order valence-electron chi connectivity index (χ1n) is 5.11. The highest BCUT2D eigenvalue weighted by molar-refractivity contribution is 9.10. The van der Waals surface area contributed by atoms with Gasteiger partial charge < -0.3 is 19.9 Å². The maximum absolute atomic E-state index is 9.60. The van der Waals surface area contributed by atoms with Crippen LogP contribution in [-0.4, -0.2) is 31.9 Å². The molecule has 1 atom stereocenters. The summed E-state index contributed by atoms with van der Waals surface area (Å²) in [5.74, 6) is 0.592. The van der Waals surface area contributed by atoms with E-state index in [1.807, 2.05) is 0 Å². The van der Waals surface area contributed by atoms with Crippen molar-refractivity contribution in [1.29, 1.82) is 0 Å². The maximum atomic E-state index is 9.60. The second-order valence-corrected chi connectivity index (χ2v) is 4.46. The molecule has 1 aromatic rings. The Morgan fingerprint density at radius 3 is 3.00 bits per heavy atom. The van der Waals surface area contributed by atoms with Crippen molar-refractivity contribution in [2.75, 3.05) is 26.8 Å². The maximum Gasteiger partial charge on any atom is 0.160 e. The average Bonchev–Trinajstić information content (AvgIpc) is 2.30. The highest BCUT2D eigenvalue weighted by Crippen LogP contribution is 2.36. The Bertz CT molecular complexity index is 378. The lowest BCUT2D eigenvalue weighted by Gasteiger charge is -2.25. The van der Waals surface area contributed by atoms with Crippen molar-refractivity contribution in [2.45, 2.75) is 6.10 Å². The third kappa shape index (κ3) is 2.31. The molecule has 1 saturated heterocycles. The Balaban J connectivity index is 2.31. The Morgan fingerprint density at radius 1 is 1.56 bits per heavy atom. The molecule has 16 heavy (non-hydrogen) atoms. The van der Waals surface area contributed by atoms with Gasteiger partial charge in [-0.2, -0.15) is 0 Å². The number of ether oxygens (including phenoxy) is 2. The zero-order chi connectivity index (χ0) is 11.5. The molecule has 5 heteroatoms. The summed E-state index contributed by atoms with van der Waals surface area (Å²) in [6.07, 6.45) is -0.00220. The summed E-state index contributed by atoms with van der Waals surface area (Å²) in [5.41, 5.74) is 0.988. The van der Waals surface area contributed by atoms with Gasteiger partial charge in [-0.15, -0.1) is 0 Å². The summed E-state index contributed by atoms with van der Waals surface area (Å²) in [6, 6.07) is 3.43. The lowest BCUT2D eigenvalue weighted by Crippen LogP contribution is -2.33. The van der Waals surface area contributed by atoms with Gasteiger partial charge in [0.25, 0.3) is 0 Å². The monoisotopic (exact) mass is 287 g/mol. The van der Waals surface area contributed by atoms with E-state index in [4.69, 9.17) is 9.47 Å². The standard InChI is InChI=1S/C11H14BrNO3/c1-15-10-4-7(8(12)5-9(10)14)11-6-13-2-3-16-11/h4-5,11,13-14H,2-3,6H2,1H3. The molecule has 2 N–H and O–H groups in total. The van der Waals surface area contributed by atoms with Crippen LogP contribution in [0.3, 0.4) is 0 Å². The van der Waals surface area contributed by atoms with Gasteiger partial charge in [0.05, 0.1) is 19.8 Å². The molecular formula is C11H14BrNO3. The number of aromatic hydroxyl groups is 1. The van der Waals surface area contributed by atoms with E-state index in [1.165, 1.54) is 7.11 Å². The summed E-state index contributed by atoms with van der Waals surface area (Å²) in [4.78, 5) is 0. The molecule has 1 aliphatic rings. The number of phenols is 1. The fourth-order valence-corrected chi connectivity index (χ4v) is 2.32. The molecule has 0 bridgehead atoms. The van der Waals surface area contributed by atoms with E-state index in [9.17, 15) is 5.11 Å². The van der Waals surface area contributed by atoms with Crippen molar-refractivity contribution in [2.24, 2.45) is 0 Å². The molecule has 0 amide bonds. The van der Waals surface area contributed by atoms with Crippen LogP contribution in [0, 0.1) is 0 Å². The van der Waals surface area contributed by atoms with Crippen molar-refractivity contribution < 1.29 is 14.6 Å². The third-order valence-corrected chi connectivity index (χ3v) is 3.26. The van der Waals surface area contributed by atoms with Crippen LogP contribution < -0.4 is 10.1 Å². The minimum Gasteiger partial charge on any atom is -0.504 e. The van der Waals surface area contributed by atoms with E-state index < -0.39 is 0 Å². The first-order valence-corrected chi connectivity index (χ1v) is 5.90. The van der Waals surface area contributed by atoms with E-state index in [2.05, 4.69) is 21.2 Å². The highest BCUT2D eigenvalue weighted by atomic mass is 79.9. The van der Waals surface area contributed by atoms with Gasteiger partial charge in [-0.1, -0.05) is 15.9 Å². The van der Waals surface area contributed by atoms with Crippen LogP contribution in [0.2, 0.25) is 0 Å². The molecule has 1 heterocycles. The molecule has 1 fully saturated rings. The highest BCUT2D eigenvalue weighted by Gasteiger charge is 2.20. The molecule has 1 unspecified atom stereocenters. The predicted molar refractivity (Wildman–Crippen MR) is 63.9 cm³/mol. The minimum atomic E-state index is -0.00220. The van der Waals surface area contributed by atoms with Crippen molar-refractivity contribution in [3.05, 3.63) is 22.2 Å². The molecule has 0 radical (unpaired) electrons. The number of benzene rings is 1. The van der Waals surface area contributed by atoms with Crippen LogP contribution in [-0.2, 0) is 4.74 Å². The second kappa shape index (κ2) is 5.03. The number of rotatable bonds is 2. The van der Waals surface area contributed by atoms with Crippen molar-refractivity contribution in [1.82, 2.24) is 5.32 Å². The van der Waals surface area contributed by atoms with Gasteiger partial charge in [-0.25, -0.2) is 0 Å². The third-order valence-electron chi connectivity index (χ3n) is 2.57. The van der Waals surface area contributed by atoms with E-state index >= 15 is 0 Å². The number of morpholine rings is 1. The summed E-state index contributed by atoms with van der Waals surface area (Å²) in [7, 11) is 1.53. The van der Waals surface area contributed by atoms with Crippen LogP contribution in [0.4, 0.5) is 0 Å². The number of methoxy groups -OCH3 is 1. The van der Waals surface area contributed by atoms with E-state index in [0.29, 0.717) is 12.4 Å². The minimum absolute atomic E-state index is 0.00220. The molecule has 0 aromatic heterocycles. The normalized spacial score (nSPS) is 20.8. The number of nitrogens with one attached hydrogen (secondary N) is 1. The average molecular weight is 288 g/mol. The van der Waals surface area contributed by atoms with Crippen molar-refractivity contribution in [3.8, 4) is 11.5 Å². The Morgan fingerprint density at radius 2 is 2.38 bits per heavy atom. The molecule has 1 aliphatic heterocycles. The molecule has 4 nitrogen and oxygen atoms in total. The first-order chi connectivity index (χ1) is 7.72. The van der Waals surface area contributed by atoms with Gasteiger partial charge in [0.2, 0.25) is 0 Å². The number of hydrogen-bond donors (Lipinski definition) is 2. The lowest BCUT2D eigenvalue weighted by molar-refractivity contribution is 0.0271. The van der Waals surface area contributed by atoms with E-state index in [-0.39, 0.29) is 11.9 Å². The zero-order valence-electron chi connectivity index (χ0n) is 9.00. The fourth-order valence-electron chi connectivity index (χ4n) is 1.73. The first kappa shape index (κ1) is 11.7. The van der Waals surface area contributed by atoms with Gasteiger partial charge in [0, 0.05) is 23.1 Å². The van der Waals surface area contributed by atoms with E-state index in [1.54, 1.807) is 12.1 Å². The van der Waals surface area contributed by atoms with Crippen LogP contribution in [0.25, 0.3) is 0 Å². The van der Waals surface area contributed by atoms with Gasteiger partial charge >= 0.3 is 0 Å². The smallest absolute Gasteiger partial charge is 0.160 e. The SMILES string of the molecule is COc1cc(C2CNCCO2)c(Br)cc1O. The van der Waals surface area contributed by atoms with Crippen LogP contribution in [0.1, 0.15) is 11.7 Å². The zero-order valence-corrected chi connectivity index (χ0v) is 10.6. The van der Waals surface area contributed by atoms with Crippen LogP contribution >= 0.6 is 15.9 Å². The number of phenolic OH excluding ortho intramolecular Hbond substituents is 1. The second-order valence-electron chi connectivity index (χ2n) is 3.61. The molecule has 1 aromatic carbocycles. The Labute approximate surface area is 103 Å². The molecule has 0 saturated carbocycles. The quantitative estimate of drug-likeness (QED) is 0.871. The summed E-state index contributed by atoms with van der Waals surface area (Å²) in [5, 5.41) is 12.9. The van der Waals surface area contributed by atoms with Crippen molar-refractivity contribution >= 4 is 15.9 Å². The molecular weight excluding hydrogens is 274 g/mol. The molecule has 0 spiro atoms. The van der Waals surface area contributed by atoms with Crippen LogP contribution in [0.5, 0.6) is 11.5 Å². The Hall–Kier alpha value is -0.780. The summed E-state index contributed by atoms with van der Waals surface area (Å²) < 4.78 is 11.6. The topological polar surface area (TPSA) is 50.7 Å². The van der Waals surface area contributed by atoms with Gasteiger partial charge in [0.15, 0.2) is 11.5 Å². The number of hydrogen-bond acceptors (Lipinski definition) is 4. The summed E-state index contributed by atoms with van der Waals surface area (Å²) >= 11 is 3.42. The number of halogens is 1. The fraction of sp³-hybridized carbons (Fsp3) is 0.455.